The number of amides is 3. The molecule has 0 aromatic rings. The number of imide groups is 1. The zero-order valence-corrected chi connectivity index (χ0v) is 4.84. The van der Waals surface area contributed by atoms with Crippen LogP contribution < -0.4 is 10.6 Å². The first-order valence-electron chi connectivity index (χ1n) is 2.49. The molecule has 6 heteroatoms. The van der Waals surface area contributed by atoms with E-state index in [0.29, 0.717) is 0 Å². The van der Waals surface area contributed by atoms with Crippen LogP contribution in [0.3, 0.4) is 0 Å². The van der Waals surface area contributed by atoms with Crippen LogP contribution in [-0.4, -0.2) is 29.0 Å². The molecule has 1 rings (SSSR count). The Balaban J connectivity index is 2.76. The van der Waals surface area contributed by atoms with Gasteiger partial charge >= 0.3 is 6.03 Å². The first kappa shape index (κ1) is 6.69. The molecule has 10 heavy (non-hydrogen) atoms. The van der Waals surface area contributed by atoms with Crippen molar-refractivity contribution in [1.29, 1.82) is 5.41 Å². The van der Waals surface area contributed by atoms with Crippen LogP contribution >= 0.6 is 0 Å². The number of carbonyl (C=O) groups is 2. The molecule has 6 nitrogen and oxygen atoms in total. The lowest BCUT2D eigenvalue weighted by molar-refractivity contribution is -0.115. The Bertz CT molecular complexity index is 212. The van der Waals surface area contributed by atoms with Crippen LogP contribution in [0.25, 0.3) is 0 Å². The summed E-state index contributed by atoms with van der Waals surface area (Å²) >= 11 is 0. The lowest BCUT2D eigenvalue weighted by Gasteiger charge is -2.18. The zero-order chi connectivity index (χ0) is 7.72. The molecule has 0 aromatic heterocycles. The predicted molar refractivity (Wildman–Crippen MR) is 30.4 cm³/mol. The van der Waals surface area contributed by atoms with Crippen LogP contribution in [0, 0.1) is 5.41 Å². The third-order valence-electron chi connectivity index (χ3n) is 1.01. The summed E-state index contributed by atoms with van der Waals surface area (Å²) in [6.07, 6.45) is -1.47. The highest BCUT2D eigenvalue weighted by Gasteiger charge is 2.27. The molecule has 0 bridgehead atoms. The highest BCUT2D eigenvalue weighted by Crippen LogP contribution is 1.88. The van der Waals surface area contributed by atoms with Crippen molar-refractivity contribution >= 4 is 17.6 Å². The van der Waals surface area contributed by atoms with Crippen molar-refractivity contribution in [3.8, 4) is 0 Å². The molecule has 0 saturated carbocycles. The van der Waals surface area contributed by atoms with Crippen molar-refractivity contribution in [2.45, 2.75) is 6.23 Å². The summed E-state index contributed by atoms with van der Waals surface area (Å²) in [7, 11) is 0. The SMILES string of the molecule is N=C1C(=O)NC(=O)NC1O. The second-order valence-corrected chi connectivity index (χ2v) is 1.74. The topological polar surface area (TPSA) is 102 Å². The minimum absolute atomic E-state index is 0.556. The lowest BCUT2D eigenvalue weighted by atomic mass is 10.3. The first-order chi connectivity index (χ1) is 4.61. The maximum absolute atomic E-state index is 10.5. The summed E-state index contributed by atoms with van der Waals surface area (Å²) in [5.74, 6) is -0.865. The smallest absolute Gasteiger partial charge is 0.324 e. The van der Waals surface area contributed by atoms with E-state index >= 15 is 0 Å². The molecule has 1 atom stereocenters. The van der Waals surface area contributed by atoms with Gasteiger partial charge in [-0.2, -0.15) is 0 Å². The second kappa shape index (κ2) is 2.07. The van der Waals surface area contributed by atoms with Gasteiger partial charge in [-0.05, 0) is 0 Å². The second-order valence-electron chi connectivity index (χ2n) is 1.74. The number of nitrogens with one attached hydrogen (secondary N) is 3. The first-order valence-corrected chi connectivity index (χ1v) is 2.49. The van der Waals surface area contributed by atoms with Gasteiger partial charge in [0.1, 0.15) is 5.71 Å². The van der Waals surface area contributed by atoms with Crippen LogP contribution in [0.15, 0.2) is 0 Å². The molecule has 3 amide bonds. The molecule has 1 fully saturated rings. The van der Waals surface area contributed by atoms with Crippen molar-refractivity contribution < 1.29 is 14.7 Å². The van der Waals surface area contributed by atoms with Crippen molar-refractivity contribution in [2.24, 2.45) is 0 Å². The molecule has 0 radical (unpaired) electrons. The molecular formula is C4H5N3O3. The van der Waals surface area contributed by atoms with Crippen LogP contribution in [0.5, 0.6) is 0 Å². The number of carbonyl (C=O) groups excluding carboxylic acids is 2. The zero-order valence-electron chi connectivity index (χ0n) is 4.84. The fourth-order valence-corrected chi connectivity index (χ4v) is 0.527. The maximum atomic E-state index is 10.5. The number of hydrogen-bond acceptors (Lipinski definition) is 4. The van der Waals surface area contributed by atoms with E-state index in [1.54, 1.807) is 5.32 Å². The average molecular weight is 143 g/mol. The van der Waals surface area contributed by atoms with Gasteiger partial charge in [0, 0.05) is 0 Å². The fourth-order valence-electron chi connectivity index (χ4n) is 0.527. The van der Waals surface area contributed by atoms with E-state index < -0.39 is 23.9 Å². The quantitative estimate of drug-likeness (QED) is 0.320. The van der Waals surface area contributed by atoms with Crippen LogP contribution in [0.2, 0.25) is 0 Å². The summed E-state index contributed by atoms with van der Waals surface area (Å²) in [4.78, 5) is 20.8. The van der Waals surface area contributed by atoms with E-state index in [9.17, 15) is 9.59 Å². The molecule has 54 valence electrons. The van der Waals surface area contributed by atoms with Gasteiger partial charge in [-0.25, -0.2) is 4.79 Å². The summed E-state index contributed by atoms with van der Waals surface area (Å²) in [5.41, 5.74) is -0.556. The average Bonchev–Trinajstić information content (AvgIpc) is 1.82. The van der Waals surface area contributed by atoms with E-state index in [1.165, 1.54) is 0 Å². The minimum Gasteiger partial charge on any atom is -0.368 e. The molecule has 1 aliphatic heterocycles. The van der Waals surface area contributed by atoms with Gasteiger partial charge in [-0.15, -0.1) is 0 Å². The van der Waals surface area contributed by atoms with Gasteiger partial charge < -0.3 is 10.4 Å². The van der Waals surface area contributed by atoms with Gasteiger partial charge in [0.15, 0.2) is 6.23 Å². The van der Waals surface area contributed by atoms with Crippen molar-refractivity contribution in [2.75, 3.05) is 0 Å². The van der Waals surface area contributed by atoms with Crippen LogP contribution in [-0.2, 0) is 4.79 Å². The molecule has 0 spiro atoms. The maximum Gasteiger partial charge on any atom is 0.324 e. The predicted octanol–water partition coefficient (Wildman–Crippen LogP) is -1.84. The largest absolute Gasteiger partial charge is 0.368 e. The standard InChI is InChI=1S/C4H5N3O3/c5-1-2(8)6-4(10)7-3(1)9/h2,5,8H,(H2,6,7,9,10). The highest BCUT2D eigenvalue weighted by molar-refractivity contribution is 6.43. The van der Waals surface area contributed by atoms with Crippen molar-refractivity contribution in [3.63, 3.8) is 0 Å². The molecule has 1 aliphatic rings. The Labute approximate surface area is 55.7 Å². The molecule has 1 heterocycles. The van der Waals surface area contributed by atoms with Gasteiger partial charge in [0.05, 0.1) is 0 Å². The van der Waals surface area contributed by atoms with E-state index in [4.69, 9.17) is 10.5 Å². The highest BCUT2D eigenvalue weighted by atomic mass is 16.3. The molecule has 4 N–H and O–H groups in total. The van der Waals surface area contributed by atoms with E-state index in [2.05, 4.69) is 0 Å². The summed E-state index contributed by atoms with van der Waals surface area (Å²) in [5, 5.41) is 19.2. The summed E-state index contributed by atoms with van der Waals surface area (Å²) in [6, 6.07) is -0.784. The van der Waals surface area contributed by atoms with Crippen molar-refractivity contribution in [1.82, 2.24) is 10.6 Å². The number of rotatable bonds is 0. The Hall–Kier alpha value is -1.43. The van der Waals surface area contributed by atoms with E-state index in [-0.39, 0.29) is 0 Å². The van der Waals surface area contributed by atoms with Gasteiger partial charge in [0.2, 0.25) is 0 Å². The Morgan fingerprint density at radius 3 is 2.60 bits per heavy atom. The molecule has 0 aromatic carbocycles. The minimum atomic E-state index is -1.47. The Morgan fingerprint density at radius 2 is 2.10 bits per heavy atom. The van der Waals surface area contributed by atoms with Gasteiger partial charge in [-0.1, -0.05) is 0 Å². The third-order valence-corrected chi connectivity index (χ3v) is 1.01. The van der Waals surface area contributed by atoms with Crippen LogP contribution in [0.1, 0.15) is 0 Å². The number of aliphatic hydroxyl groups is 1. The van der Waals surface area contributed by atoms with Crippen molar-refractivity contribution in [3.05, 3.63) is 0 Å². The normalized spacial score (nSPS) is 25.7. The fraction of sp³-hybridized carbons (Fsp3) is 0.250. The van der Waals surface area contributed by atoms with E-state index in [1.807, 2.05) is 5.32 Å². The molecule has 0 aliphatic carbocycles. The molecule has 1 unspecified atom stereocenters. The Morgan fingerprint density at radius 1 is 1.50 bits per heavy atom. The van der Waals surface area contributed by atoms with Gasteiger partial charge in [0.25, 0.3) is 5.91 Å². The van der Waals surface area contributed by atoms with E-state index in [0.717, 1.165) is 0 Å². The number of aliphatic hydroxyl groups excluding tert-OH is 1. The monoisotopic (exact) mass is 143 g/mol. The Kier molecular flexibility index (Phi) is 1.38. The van der Waals surface area contributed by atoms with Gasteiger partial charge in [-0.3, -0.25) is 15.5 Å². The molecular weight excluding hydrogens is 138 g/mol. The number of hydrogen-bond donors (Lipinski definition) is 4. The number of urea groups is 1. The third kappa shape index (κ3) is 0.960. The summed E-state index contributed by atoms with van der Waals surface area (Å²) in [6.45, 7) is 0. The lowest BCUT2D eigenvalue weighted by Crippen LogP contribution is -2.58. The van der Waals surface area contributed by atoms with Crippen LogP contribution in [0.4, 0.5) is 4.79 Å². The molecule has 1 saturated heterocycles. The summed E-state index contributed by atoms with van der Waals surface area (Å²) < 4.78 is 0.